The molecule has 1 aromatic rings. The lowest BCUT2D eigenvalue weighted by Crippen LogP contribution is -2.15. The number of hydrogen-bond acceptors (Lipinski definition) is 2. The number of nitrogens with two attached hydrogens (primary N) is 1. The third-order valence-corrected chi connectivity index (χ3v) is 4.78. The molecule has 2 aliphatic rings. The molecule has 3 rings (SSSR count). The molecule has 0 spiro atoms. The van der Waals surface area contributed by atoms with Gasteiger partial charge < -0.3 is 10.3 Å². The molecule has 2 N–H and O–H groups in total. The maximum atomic E-state index is 6.30. The van der Waals surface area contributed by atoms with E-state index >= 15 is 0 Å². The number of imidazole rings is 1. The first-order valence-corrected chi connectivity index (χ1v) is 7.60. The lowest BCUT2D eigenvalue weighted by atomic mass is 9.86. The number of anilines is 1. The fraction of sp³-hybridized carbons (Fsp3) is 0.800. The molecule has 0 saturated heterocycles. The van der Waals surface area contributed by atoms with Gasteiger partial charge >= 0.3 is 0 Å². The van der Waals surface area contributed by atoms with Crippen LogP contribution in [-0.2, 0) is 13.0 Å². The van der Waals surface area contributed by atoms with E-state index in [9.17, 15) is 0 Å². The summed E-state index contributed by atoms with van der Waals surface area (Å²) < 4.78 is 2.27. The molecule has 0 aromatic carbocycles. The van der Waals surface area contributed by atoms with E-state index in [1.807, 2.05) is 0 Å². The van der Waals surface area contributed by atoms with Crippen LogP contribution >= 0.6 is 0 Å². The average Bonchev–Trinajstić information content (AvgIpc) is 2.70. The van der Waals surface area contributed by atoms with E-state index in [1.54, 1.807) is 0 Å². The van der Waals surface area contributed by atoms with Gasteiger partial charge in [-0.25, -0.2) is 4.98 Å². The number of rotatable bonds is 2. The van der Waals surface area contributed by atoms with Crippen LogP contribution in [0.5, 0.6) is 0 Å². The van der Waals surface area contributed by atoms with Gasteiger partial charge in [-0.05, 0) is 25.2 Å². The number of nitrogens with zero attached hydrogens (tertiary/aromatic N) is 2. The molecule has 0 amide bonds. The molecular weight excluding hydrogens is 222 g/mol. The van der Waals surface area contributed by atoms with Gasteiger partial charge in [0.2, 0.25) is 0 Å². The second-order valence-electron chi connectivity index (χ2n) is 6.21. The third-order valence-electron chi connectivity index (χ3n) is 4.78. The summed E-state index contributed by atoms with van der Waals surface area (Å²) in [6.07, 6.45) is 10.6. The fourth-order valence-corrected chi connectivity index (χ4v) is 3.65. The van der Waals surface area contributed by atoms with Crippen LogP contribution in [0.4, 0.5) is 5.82 Å². The molecule has 1 fully saturated rings. The van der Waals surface area contributed by atoms with Crippen molar-refractivity contribution in [3.63, 3.8) is 0 Å². The van der Waals surface area contributed by atoms with Crippen molar-refractivity contribution in [2.24, 2.45) is 5.92 Å². The van der Waals surface area contributed by atoms with E-state index < -0.39 is 0 Å². The second kappa shape index (κ2) is 4.94. The highest BCUT2D eigenvalue weighted by Crippen LogP contribution is 2.33. The van der Waals surface area contributed by atoms with Gasteiger partial charge in [-0.2, -0.15) is 0 Å². The zero-order valence-corrected chi connectivity index (χ0v) is 11.5. The Bertz CT molecular complexity index is 416. The van der Waals surface area contributed by atoms with Crippen molar-refractivity contribution in [1.29, 1.82) is 0 Å². The summed E-state index contributed by atoms with van der Waals surface area (Å²) in [5.74, 6) is 3.61. The summed E-state index contributed by atoms with van der Waals surface area (Å²) in [5, 5.41) is 0. The van der Waals surface area contributed by atoms with E-state index in [-0.39, 0.29) is 0 Å². The standard InChI is InChI=1S/C15H25N3/c1-11-6-5-9-18-14(16)13(17-15(11)18)10-12-7-3-2-4-8-12/h11-12H,2-10,16H2,1H3. The Hall–Kier alpha value is -0.990. The Kier molecular flexibility index (Phi) is 3.31. The molecule has 1 saturated carbocycles. The molecule has 0 radical (unpaired) electrons. The average molecular weight is 247 g/mol. The zero-order chi connectivity index (χ0) is 12.5. The van der Waals surface area contributed by atoms with Gasteiger partial charge in [0, 0.05) is 12.5 Å². The number of hydrogen-bond donors (Lipinski definition) is 1. The van der Waals surface area contributed by atoms with Gasteiger partial charge in [-0.3, -0.25) is 0 Å². The molecule has 3 nitrogen and oxygen atoms in total. The van der Waals surface area contributed by atoms with Crippen LogP contribution in [-0.4, -0.2) is 9.55 Å². The van der Waals surface area contributed by atoms with Gasteiger partial charge in [0.05, 0.1) is 5.69 Å². The number of nitrogen functional groups attached to an aromatic ring is 1. The first kappa shape index (κ1) is 12.1. The van der Waals surface area contributed by atoms with Crippen molar-refractivity contribution in [3.05, 3.63) is 11.5 Å². The van der Waals surface area contributed by atoms with E-state index in [2.05, 4.69) is 11.5 Å². The van der Waals surface area contributed by atoms with Crippen LogP contribution in [0.3, 0.4) is 0 Å². The Morgan fingerprint density at radius 1 is 1.17 bits per heavy atom. The molecule has 2 heterocycles. The van der Waals surface area contributed by atoms with Gasteiger partial charge in [-0.1, -0.05) is 39.0 Å². The molecule has 100 valence electrons. The van der Waals surface area contributed by atoms with Crippen LogP contribution < -0.4 is 5.73 Å². The van der Waals surface area contributed by atoms with Gasteiger partial charge in [0.25, 0.3) is 0 Å². The van der Waals surface area contributed by atoms with E-state index in [1.165, 1.54) is 56.5 Å². The quantitative estimate of drug-likeness (QED) is 0.869. The SMILES string of the molecule is CC1CCCn2c1nc(CC1CCCCC1)c2N. The van der Waals surface area contributed by atoms with Crippen LogP contribution in [0.1, 0.15) is 69.3 Å². The molecule has 1 aromatic heterocycles. The first-order chi connectivity index (χ1) is 8.75. The minimum absolute atomic E-state index is 0.584. The van der Waals surface area contributed by atoms with Crippen LogP contribution in [0.15, 0.2) is 0 Å². The summed E-state index contributed by atoms with van der Waals surface area (Å²) in [6.45, 7) is 3.35. The highest BCUT2D eigenvalue weighted by Gasteiger charge is 2.24. The minimum Gasteiger partial charge on any atom is -0.384 e. The molecule has 1 aliphatic carbocycles. The molecule has 3 heteroatoms. The van der Waals surface area contributed by atoms with Crippen LogP contribution in [0.25, 0.3) is 0 Å². The van der Waals surface area contributed by atoms with Crippen LogP contribution in [0.2, 0.25) is 0 Å². The maximum absolute atomic E-state index is 6.30. The molecular formula is C15H25N3. The van der Waals surface area contributed by atoms with Gasteiger partial charge in [0.15, 0.2) is 0 Å². The fourth-order valence-electron chi connectivity index (χ4n) is 3.65. The normalized spacial score (nSPS) is 25.1. The summed E-state index contributed by atoms with van der Waals surface area (Å²) in [6, 6.07) is 0. The largest absolute Gasteiger partial charge is 0.384 e. The summed E-state index contributed by atoms with van der Waals surface area (Å²) in [7, 11) is 0. The van der Waals surface area contributed by atoms with Gasteiger partial charge in [-0.15, -0.1) is 0 Å². The van der Waals surface area contributed by atoms with Crippen LogP contribution in [0, 0.1) is 5.92 Å². The van der Waals surface area contributed by atoms with E-state index in [0.29, 0.717) is 5.92 Å². The molecule has 1 unspecified atom stereocenters. The predicted molar refractivity (Wildman–Crippen MR) is 74.6 cm³/mol. The van der Waals surface area contributed by atoms with E-state index in [4.69, 9.17) is 10.7 Å². The third kappa shape index (κ3) is 2.15. The molecule has 0 bridgehead atoms. The Morgan fingerprint density at radius 2 is 1.94 bits per heavy atom. The highest BCUT2D eigenvalue weighted by atomic mass is 15.2. The smallest absolute Gasteiger partial charge is 0.126 e. The summed E-state index contributed by atoms with van der Waals surface area (Å²) in [4.78, 5) is 4.86. The number of aromatic nitrogens is 2. The van der Waals surface area contributed by atoms with Crippen molar-refractivity contribution in [1.82, 2.24) is 9.55 Å². The monoisotopic (exact) mass is 247 g/mol. The maximum Gasteiger partial charge on any atom is 0.126 e. The van der Waals surface area contributed by atoms with Crippen molar-refractivity contribution in [3.8, 4) is 0 Å². The lowest BCUT2D eigenvalue weighted by molar-refractivity contribution is 0.355. The Balaban J connectivity index is 1.79. The van der Waals surface area contributed by atoms with Crippen molar-refractivity contribution in [2.75, 3.05) is 5.73 Å². The highest BCUT2D eigenvalue weighted by molar-refractivity contribution is 5.39. The Morgan fingerprint density at radius 3 is 2.67 bits per heavy atom. The van der Waals surface area contributed by atoms with Crippen molar-refractivity contribution >= 4 is 5.82 Å². The Labute approximate surface area is 110 Å². The van der Waals surface area contributed by atoms with Crippen molar-refractivity contribution < 1.29 is 0 Å². The summed E-state index contributed by atoms with van der Waals surface area (Å²) in [5.41, 5.74) is 7.49. The predicted octanol–water partition coefficient (Wildman–Crippen LogP) is 3.49. The lowest BCUT2D eigenvalue weighted by Gasteiger charge is -2.21. The second-order valence-corrected chi connectivity index (χ2v) is 6.21. The first-order valence-electron chi connectivity index (χ1n) is 7.60. The van der Waals surface area contributed by atoms with E-state index in [0.717, 1.165) is 24.7 Å². The van der Waals surface area contributed by atoms with Crippen molar-refractivity contribution in [2.45, 2.75) is 70.8 Å². The molecule has 18 heavy (non-hydrogen) atoms. The zero-order valence-electron chi connectivity index (χ0n) is 11.5. The minimum atomic E-state index is 0.584. The molecule has 1 aliphatic heterocycles. The topological polar surface area (TPSA) is 43.8 Å². The van der Waals surface area contributed by atoms with Gasteiger partial charge in [0.1, 0.15) is 11.6 Å². The molecule has 1 atom stereocenters. The summed E-state index contributed by atoms with van der Waals surface area (Å²) >= 11 is 0. The number of fused-ring (bicyclic) bond motifs is 1.